The van der Waals surface area contributed by atoms with E-state index in [0.717, 1.165) is 17.6 Å². The number of hydrogen-bond acceptors (Lipinski definition) is 8. The summed E-state index contributed by atoms with van der Waals surface area (Å²) in [5, 5.41) is 3.99. The number of fused-ring (bicyclic) bond motifs is 2. The monoisotopic (exact) mass is 604 g/mol. The molecule has 3 heterocycles. The van der Waals surface area contributed by atoms with E-state index in [4.69, 9.17) is 37.4 Å². The summed E-state index contributed by atoms with van der Waals surface area (Å²) in [6.45, 7) is 3.20. The van der Waals surface area contributed by atoms with Gasteiger partial charge in [-0.15, -0.1) is 11.3 Å². The largest absolute Gasteiger partial charge is 0.495 e. The van der Waals surface area contributed by atoms with Gasteiger partial charge in [0.25, 0.3) is 0 Å². The molecule has 0 fully saturated rings. The highest BCUT2D eigenvalue weighted by Crippen LogP contribution is 2.41. The third kappa shape index (κ3) is 5.72. The summed E-state index contributed by atoms with van der Waals surface area (Å²) in [5.41, 5.74) is 1.81. The molecular formula is C27H20Cl2F2N4O4S. The van der Waals surface area contributed by atoms with Crippen molar-refractivity contribution in [3.63, 3.8) is 0 Å². The van der Waals surface area contributed by atoms with Crippen molar-refractivity contribution in [1.29, 1.82) is 0 Å². The van der Waals surface area contributed by atoms with Gasteiger partial charge in [-0.25, -0.2) is 19.2 Å². The molecule has 5 rings (SSSR count). The van der Waals surface area contributed by atoms with Crippen LogP contribution in [0.2, 0.25) is 10.0 Å². The van der Waals surface area contributed by atoms with Crippen LogP contribution in [-0.4, -0.2) is 40.4 Å². The number of hydrogen-bond donors (Lipinski definition) is 1. The topological polar surface area (TPSA) is 95.5 Å². The van der Waals surface area contributed by atoms with Gasteiger partial charge in [-0.2, -0.15) is 4.39 Å². The van der Waals surface area contributed by atoms with E-state index in [1.54, 1.807) is 39.3 Å². The van der Waals surface area contributed by atoms with Crippen molar-refractivity contribution in [2.75, 3.05) is 12.4 Å². The van der Waals surface area contributed by atoms with Crippen molar-refractivity contribution < 1.29 is 27.8 Å². The molecule has 0 bridgehead atoms. The van der Waals surface area contributed by atoms with Gasteiger partial charge in [0.2, 0.25) is 5.95 Å². The van der Waals surface area contributed by atoms with Crippen LogP contribution in [-0.2, 0) is 4.74 Å². The number of benzene rings is 2. The predicted octanol–water partition coefficient (Wildman–Crippen LogP) is 7.90. The molecule has 40 heavy (non-hydrogen) atoms. The molecule has 8 nitrogen and oxygen atoms in total. The van der Waals surface area contributed by atoms with Crippen LogP contribution in [0.3, 0.4) is 0 Å². The summed E-state index contributed by atoms with van der Waals surface area (Å²) in [5.74, 6) is -1.03. The molecule has 13 heteroatoms. The number of nitrogens with zero attached hydrogens (tertiary/aromatic N) is 3. The molecule has 1 amide bonds. The fraction of sp³-hybridized carbons (Fsp3) is 0.185. The molecule has 0 unspecified atom stereocenters. The van der Waals surface area contributed by atoms with E-state index in [1.165, 1.54) is 23.5 Å². The maximum absolute atomic E-state index is 15.3. The number of aromatic nitrogens is 3. The number of amides is 1. The Hall–Kier alpha value is -3.80. The van der Waals surface area contributed by atoms with Crippen molar-refractivity contribution in [2.24, 2.45) is 0 Å². The Bertz CT molecular complexity index is 1740. The van der Waals surface area contributed by atoms with Gasteiger partial charge in [-0.1, -0.05) is 23.2 Å². The van der Waals surface area contributed by atoms with Crippen LogP contribution in [0.15, 0.2) is 48.8 Å². The van der Waals surface area contributed by atoms with Gasteiger partial charge in [0.15, 0.2) is 11.6 Å². The van der Waals surface area contributed by atoms with E-state index >= 15 is 4.39 Å². The Kier molecular flexibility index (Phi) is 7.88. The van der Waals surface area contributed by atoms with Crippen molar-refractivity contribution in [3.8, 4) is 22.1 Å². The highest BCUT2D eigenvalue weighted by Gasteiger charge is 2.24. The molecule has 206 valence electrons. The Morgan fingerprint density at radius 1 is 1.02 bits per heavy atom. The number of carbonyl (C=O) groups excluding carboxylic acids is 1. The Labute approximate surface area is 240 Å². The normalized spacial score (nSPS) is 12.8. The smallest absolute Gasteiger partial charge is 0.412 e. The number of anilines is 1. The summed E-state index contributed by atoms with van der Waals surface area (Å²) in [4.78, 5) is 24.7. The Morgan fingerprint density at radius 2 is 1.82 bits per heavy atom. The standard InChI is InChI=1S/C27H20Cl2F2N4O4S/c1-12(13(2)39-27(36)34-16-4-5-21(30)32-10-16)38-19-9-20-25(22(29)23(19)31)35-26(40-20)18-8-15(28)6-14-7-17(37-3)11-33-24(14)18/h4-13H,1-3H3,(H,34,36)/t12-,13+/m0/s1. The summed E-state index contributed by atoms with van der Waals surface area (Å²) < 4.78 is 45.2. The number of pyridine rings is 2. The molecule has 0 spiro atoms. The van der Waals surface area contributed by atoms with E-state index in [0.29, 0.717) is 31.6 Å². The van der Waals surface area contributed by atoms with Crippen LogP contribution in [0, 0.1) is 11.8 Å². The molecular weight excluding hydrogens is 585 g/mol. The number of carbonyl (C=O) groups is 1. The lowest BCUT2D eigenvalue weighted by Gasteiger charge is -2.22. The van der Waals surface area contributed by atoms with Gasteiger partial charge in [0.1, 0.15) is 33.5 Å². The first-order chi connectivity index (χ1) is 19.1. The fourth-order valence-electron chi connectivity index (χ4n) is 3.81. The molecule has 2 atom stereocenters. The molecule has 0 saturated carbocycles. The van der Waals surface area contributed by atoms with Crippen LogP contribution in [0.1, 0.15) is 13.8 Å². The third-order valence-corrected chi connectivity index (χ3v) is 7.56. The number of methoxy groups -OCH3 is 1. The van der Waals surface area contributed by atoms with E-state index < -0.39 is 30.1 Å². The SMILES string of the molecule is COc1cnc2c(-c3nc4c(Cl)c(F)c(O[C@@H](C)[C@@H](C)OC(=O)Nc5ccc(F)nc5)cc4s3)cc(Cl)cc2c1. The molecule has 0 aliphatic carbocycles. The maximum atomic E-state index is 15.3. The second-order valence-corrected chi connectivity index (χ2v) is 10.5. The van der Waals surface area contributed by atoms with Crippen LogP contribution in [0.5, 0.6) is 11.5 Å². The lowest BCUT2D eigenvalue weighted by Crippen LogP contribution is -2.32. The number of nitrogens with one attached hydrogen (secondary N) is 1. The number of rotatable bonds is 7. The van der Waals surface area contributed by atoms with E-state index in [9.17, 15) is 9.18 Å². The zero-order valence-electron chi connectivity index (χ0n) is 21.2. The first-order valence-corrected chi connectivity index (χ1v) is 13.4. The van der Waals surface area contributed by atoms with Crippen LogP contribution in [0.25, 0.3) is 31.7 Å². The molecule has 0 saturated heterocycles. The summed E-state index contributed by atoms with van der Waals surface area (Å²) in [6.07, 6.45) is 0.379. The van der Waals surface area contributed by atoms with Crippen molar-refractivity contribution in [1.82, 2.24) is 15.0 Å². The van der Waals surface area contributed by atoms with Gasteiger partial charge in [-0.05, 0) is 44.2 Å². The molecule has 0 radical (unpaired) electrons. The quantitative estimate of drug-likeness (QED) is 0.189. The summed E-state index contributed by atoms with van der Waals surface area (Å²) in [6, 6.07) is 9.24. The fourth-order valence-corrected chi connectivity index (χ4v) is 5.35. The van der Waals surface area contributed by atoms with Crippen LogP contribution < -0.4 is 14.8 Å². The minimum absolute atomic E-state index is 0.127. The lowest BCUT2D eigenvalue weighted by molar-refractivity contribution is 0.0402. The third-order valence-electron chi connectivity index (χ3n) is 5.96. The molecule has 2 aromatic carbocycles. The Morgan fingerprint density at radius 3 is 2.55 bits per heavy atom. The molecule has 0 aliphatic rings. The summed E-state index contributed by atoms with van der Waals surface area (Å²) in [7, 11) is 1.55. The van der Waals surface area contributed by atoms with Gasteiger partial charge < -0.3 is 14.2 Å². The average Bonchev–Trinajstić information content (AvgIpc) is 3.36. The first kappa shape index (κ1) is 27.8. The first-order valence-electron chi connectivity index (χ1n) is 11.8. The van der Waals surface area contributed by atoms with Crippen molar-refractivity contribution in [3.05, 3.63) is 70.6 Å². The van der Waals surface area contributed by atoms with Gasteiger partial charge in [0.05, 0.1) is 35.4 Å². The number of thiazole rings is 1. The maximum Gasteiger partial charge on any atom is 0.412 e. The predicted molar refractivity (Wildman–Crippen MR) is 151 cm³/mol. The van der Waals surface area contributed by atoms with Gasteiger partial charge in [-0.3, -0.25) is 10.3 Å². The second kappa shape index (κ2) is 11.4. The van der Waals surface area contributed by atoms with Crippen molar-refractivity contribution >= 4 is 67.4 Å². The zero-order chi connectivity index (χ0) is 28.6. The van der Waals surface area contributed by atoms with E-state index in [1.807, 2.05) is 6.07 Å². The second-order valence-electron chi connectivity index (χ2n) is 8.70. The van der Waals surface area contributed by atoms with Crippen LogP contribution >= 0.6 is 34.5 Å². The highest BCUT2D eigenvalue weighted by atomic mass is 35.5. The summed E-state index contributed by atoms with van der Waals surface area (Å²) >= 11 is 14.0. The van der Waals surface area contributed by atoms with Gasteiger partial charge >= 0.3 is 6.09 Å². The van der Waals surface area contributed by atoms with Crippen LogP contribution in [0.4, 0.5) is 19.3 Å². The van der Waals surface area contributed by atoms with E-state index in [2.05, 4.69) is 20.3 Å². The Balaban J connectivity index is 1.38. The highest BCUT2D eigenvalue weighted by molar-refractivity contribution is 7.21. The molecule has 0 aliphatic heterocycles. The number of ether oxygens (including phenoxy) is 3. The van der Waals surface area contributed by atoms with E-state index in [-0.39, 0.29) is 22.0 Å². The molecule has 3 aromatic heterocycles. The minimum atomic E-state index is -0.808. The zero-order valence-corrected chi connectivity index (χ0v) is 23.5. The average molecular weight is 605 g/mol. The number of halogens is 4. The lowest BCUT2D eigenvalue weighted by atomic mass is 10.1. The molecule has 5 aromatic rings. The van der Waals surface area contributed by atoms with Gasteiger partial charge in [0, 0.05) is 22.0 Å². The van der Waals surface area contributed by atoms with Crippen molar-refractivity contribution in [2.45, 2.75) is 26.1 Å². The molecule has 1 N–H and O–H groups in total. The minimum Gasteiger partial charge on any atom is -0.495 e.